The Labute approximate surface area is 160 Å². The molecule has 0 spiro atoms. The summed E-state index contributed by atoms with van der Waals surface area (Å²) in [5.74, 6) is -1.85. The van der Waals surface area contributed by atoms with Gasteiger partial charge in [0.15, 0.2) is 5.13 Å². The number of ether oxygens (including phenoxy) is 1. The average molecular weight is 395 g/mol. The molecule has 0 atom stereocenters. The topological polar surface area (TPSA) is 45.7 Å². The number of anilines is 1. The van der Waals surface area contributed by atoms with Gasteiger partial charge in [-0.1, -0.05) is 11.3 Å². The maximum atomic E-state index is 13.3. The molecule has 5 nitrogen and oxygen atoms in total. The summed E-state index contributed by atoms with van der Waals surface area (Å²) in [4.78, 5) is 21.2. The van der Waals surface area contributed by atoms with Crippen LogP contribution in [0, 0.1) is 5.92 Å². The minimum absolute atomic E-state index is 0.0409. The summed E-state index contributed by atoms with van der Waals surface area (Å²) < 4.78 is 33.0. The lowest BCUT2D eigenvalue weighted by molar-refractivity contribution is -0.142. The van der Waals surface area contributed by atoms with Gasteiger partial charge >= 0.3 is 0 Å². The van der Waals surface area contributed by atoms with E-state index in [4.69, 9.17) is 9.72 Å². The van der Waals surface area contributed by atoms with Crippen LogP contribution < -0.4 is 9.64 Å². The minimum atomic E-state index is -2.62. The van der Waals surface area contributed by atoms with Crippen molar-refractivity contribution < 1.29 is 18.3 Å². The molecule has 27 heavy (non-hydrogen) atoms. The number of halogens is 2. The Hall–Kier alpha value is -1.96. The first kappa shape index (κ1) is 18.4. The normalized spacial score (nSPS) is 20.9. The van der Waals surface area contributed by atoms with Crippen LogP contribution >= 0.6 is 11.3 Å². The number of nitrogens with zero attached hydrogens (tertiary/aromatic N) is 3. The Morgan fingerprint density at radius 3 is 2.59 bits per heavy atom. The Kier molecular flexibility index (Phi) is 4.92. The van der Waals surface area contributed by atoms with E-state index in [1.54, 1.807) is 23.3 Å². The number of alkyl halides is 2. The van der Waals surface area contributed by atoms with E-state index in [1.807, 2.05) is 18.2 Å². The number of benzene rings is 1. The highest BCUT2D eigenvalue weighted by atomic mass is 32.1. The molecular weight excluding hydrogens is 372 g/mol. The molecule has 3 heterocycles. The summed E-state index contributed by atoms with van der Waals surface area (Å²) in [6.07, 6.45) is 1.05. The summed E-state index contributed by atoms with van der Waals surface area (Å²) >= 11 is 1.64. The van der Waals surface area contributed by atoms with Gasteiger partial charge in [0, 0.05) is 51.0 Å². The number of likely N-dealkylation sites (tertiary alicyclic amines) is 1. The van der Waals surface area contributed by atoms with Gasteiger partial charge in [0.05, 0.1) is 17.3 Å². The van der Waals surface area contributed by atoms with Gasteiger partial charge in [-0.3, -0.25) is 4.79 Å². The fourth-order valence-corrected chi connectivity index (χ4v) is 4.79. The number of piperidine rings is 2. The third-order valence-corrected chi connectivity index (χ3v) is 6.60. The number of carbonyl (C=O) groups is 1. The second-order valence-electron chi connectivity index (χ2n) is 7.27. The zero-order chi connectivity index (χ0) is 19.0. The van der Waals surface area contributed by atoms with E-state index in [2.05, 4.69) is 4.90 Å². The number of carbonyl (C=O) groups excluding carboxylic acids is 1. The molecule has 8 heteroatoms. The van der Waals surface area contributed by atoms with Crippen molar-refractivity contribution in [2.45, 2.75) is 31.6 Å². The van der Waals surface area contributed by atoms with Crippen LogP contribution in [-0.4, -0.2) is 55.0 Å². The van der Waals surface area contributed by atoms with Crippen LogP contribution in [0.2, 0.25) is 0 Å². The van der Waals surface area contributed by atoms with Crippen molar-refractivity contribution in [3.05, 3.63) is 18.2 Å². The molecule has 0 N–H and O–H groups in total. The molecule has 2 aromatic rings. The molecular formula is C19H23F2N3O2S. The number of thiazole rings is 1. The number of amides is 1. The van der Waals surface area contributed by atoms with Gasteiger partial charge in [0.25, 0.3) is 5.92 Å². The predicted molar refractivity (Wildman–Crippen MR) is 102 cm³/mol. The van der Waals surface area contributed by atoms with Crippen molar-refractivity contribution in [1.29, 1.82) is 0 Å². The van der Waals surface area contributed by atoms with Gasteiger partial charge in [0.2, 0.25) is 5.91 Å². The lowest BCUT2D eigenvalue weighted by atomic mass is 9.94. The van der Waals surface area contributed by atoms with Crippen LogP contribution in [0.15, 0.2) is 18.2 Å². The van der Waals surface area contributed by atoms with E-state index in [-0.39, 0.29) is 37.8 Å². The zero-order valence-corrected chi connectivity index (χ0v) is 16.1. The van der Waals surface area contributed by atoms with Crippen LogP contribution in [0.25, 0.3) is 10.2 Å². The Morgan fingerprint density at radius 2 is 1.93 bits per heavy atom. The fraction of sp³-hybridized carbons (Fsp3) is 0.579. The van der Waals surface area contributed by atoms with Gasteiger partial charge in [-0.05, 0) is 25.0 Å². The Bertz CT molecular complexity index is 823. The first-order chi connectivity index (χ1) is 12.9. The predicted octanol–water partition coefficient (Wildman–Crippen LogP) is 3.78. The van der Waals surface area contributed by atoms with Crippen molar-refractivity contribution >= 4 is 32.6 Å². The number of aromatic nitrogens is 1. The second kappa shape index (κ2) is 7.22. The van der Waals surface area contributed by atoms with Crippen LogP contribution in [0.3, 0.4) is 0 Å². The summed E-state index contributed by atoms with van der Waals surface area (Å²) in [6, 6.07) is 5.87. The van der Waals surface area contributed by atoms with Gasteiger partial charge in [-0.25, -0.2) is 13.8 Å². The highest BCUT2D eigenvalue weighted by molar-refractivity contribution is 7.22. The van der Waals surface area contributed by atoms with Crippen molar-refractivity contribution in [3.63, 3.8) is 0 Å². The number of fused-ring (bicyclic) bond motifs is 1. The monoisotopic (exact) mass is 395 g/mol. The third kappa shape index (κ3) is 3.85. The van der Waals surface area contributed by atoms with E-state index < -0.39 is 5.92 Å². The molecule has 0 saturated carbocycles. The molecule has 0 unspecified atom stereocenters. The fourth-order valence-electron chi connectivity index (χ4n) is 3.79. The van der Waals surface area contributed by atoms with Gasteiger partial charge in [-0.2, -0.15) is 0 Å². The Morgan fingerprint density at radius 1 is 1.22 bits per heavy atom. The van der Waals surface area contributed by atoms with E-state index in [9.17, 15) is 13.6 Å². The number of hydrogen-bond donors (Lipinski definition) is 0. The molecule has 4 rings (SSSR count). The largest absolute Gasteiger partial charge is 0.497 e. The highest BCUT2D eigenvalue weighted by Crippen LogP contribution is 2.34. The third-order valence-electron chi connectivity index (χ3n) is 5.50. The summed E-state index contributed by atoms with van der Waals surface area (Å²) in [6.45, 7) is 1.87. The molecule has 2 saturated heterocycles. The van der Waals surface area contributed by atoms with E-state index >= 15 is 0 Å². The van der Waals surface area contributed by atoms with E-state index in [0.29, 0.717) is 0 Å². The number of methoxy groups -OCH3 is 1. The first-order valence-electron chi connectivity index (χ1n) is 9.31. The highest BCUT2D eigenvalue weighted by Gasteiger charge is 2.38. The first-order valence-corrected chi connectivity index (χ1v) is 10.1. The zero-order valence-electron chi connectivity index (χ0n) is 15.3. The molecule has 1 aromatic heterocycles. The smallest absolute Gasteiger partial charge is 0.251 e. The van der Waals surface area contributed by atoms with Crippen molar-refractivity contribution in [2.24, 2.45) is 5.92 Å². The molecule has 2 aliphatic heterocycles. The quantitative estimate of drug-likeness (QED) is 0.794. The Balaban J connectivity index is 1.37. The van der Waals surface area contributed by atoms with Crippen LogP contribution in [0.5, 0.6) is 5.75 Å². The molecule has 146 valence electrons. The van der Waals surface area contributed by atoms with Crippen molar-refractivity contribution in [2.75, 3.05) is 38.2 Å². The number of hydrogen-bond acceptors (Lipinski definition) is 5. The van der Waals surface area contributed by atoms with E-state index in [1.165, 1.54) is 0 Å². The molecule has 1 amide bonds. The molecule has 2 aliphatic rings. The molecule has 0 aliphatic carbocycles. The maximum absolute atomic E-state index is 13.3. The SMILES string of the molecule is COc1ccc2sc(N3CCC(C(=O)N4CCC(F)(F)CC4)CC3)nc2c1. The lowest BCUT2D eigenvalue weighted by Crippen LogP contribution is -2.47. The maximum Gasteiger partial charge on any atom is 0.251 e. The van der Waals surface area contributed by atoms with Gasteiger partial charge < -0.3 is 14.5 Å². The molecule has 0 radical (unpaired) electrons. The minimum Gasteiger partial charge on any atom is -0.497 e. The summed E-state index contributed by atoms with van der Waals surface area (Å²) in [5, 5.41) is 0.960. The molecule has 2 fully saturated rings. The average Bonchev–Trinajstić information content (AvgIpc) is 3.10. The number of rotatable bonds is 3. The second-order valence-corrected chi connectivity index (χ2v) is 8.28. The summed E-state index contributed by atoms with van der Waals surface area (Å²) in [5.41, 5.74) is 0.918. The lowest BCUT2D eigenvalue weighted by Gasteiger charge is -2.37. The van der Waals surface area contributed by atoms with Crippen LogP contribution in [0.4, 0.5) is 13.9 Å². The molecule has 1 aromatic carbocycles. The van der Waals surface area contributed by atoms with Crippen molar-refractivity contribution in [3.8, 4) is 5.75 Å². The van der Waals surface area contributed by atoms with Gasteiger partial charge in [-0.15, -0.1) is 0 Å². The van der Waals surface area contributed by atoms with Crippen molar-refractivity contribution in [1.82, 2.24) is 9.88 Å². The van der Waals surface area contributed by atoms with Crippen LogP contribution in [-0.2, 0) is 4.79 Å². The van der Waals surface area contributed by atoms with E-state index in [0.717, 1.165) is 47.0 Å². The molecule has 0 bridgehead atoms. The van der Waals surface area contributed by atoms with Gasteiger partial charge in [0.1, 0.15) is 5.75 Å². The standard InChI is InChI=1S/C19H23F2N3O2S/c1-26-14-2-3-16-15(12-14)22-18(27-16)24-8-4-13(5-9-24)17(25)23-10-6-19(20,21)7-11-23/h2-3,12-13H,4-11H2,1H3. The van der Waals surface area contributed by atoms with Crippen LogP contribution in [0.1, 0.15) is 25.7 Å². The summed E-state index contributed by atoms with van der Waals surface area (Å²) in [7, 11) is 1.64.